The molecule has 8 nitrogen and oxygen atoms in total. The zero-order valence-electron chi connectivity index (χ0n) is 25.7. The van der Waals surface area contributed by atoms with Gasteiger partial charge in [-0.15, -0.1) is 0 Å². The Balaban J connectivity index is 1.38. The minimum Gasteiger partial charge on any atom is -0.507 e. The summed E-state index contributed by atoms with van der Waals surface area (Å²) in [6.07, 6.45) is 1.54. The van der Waals surface area contributed by atoms with Crippen LogP contribution < -0.4 is 15.4 Å². The van der Waals surface area contributed by atoms with Crippen molar-refractivity contribution in [2.24, 2.45) is 0 Å². The summed E-state index contributed by atoms with van der Waals surface area (Å²) in [5.41, 5.74) is 0.971. The van der Waals surface area contributed by atoms with E-state index >= 15 is 0 Å². The molecule has 1 N–H and O–H groups in total. The second kappa shape index (κ2) is 13.9. The van der Waals surface area contributed by atoms with Crippen LogP contribution in [-0.4, -0.2) is 66.5 Å². The van der Waals surface area contributed by atoms with Gasteiger partial charge in [0.25, 0.3) is 11.5 Å². The highest BCUT2D eigenvalue weighted by Crippen LogP contribution is 2.22. The third kappa shape index (κ3) is 7.71. The van der Waals surface area contributed by atoms with Crippen LogP contribution in [0.5, 0.6) is 0 Å². The van der Waals surface area contributed by atoms with Crippen LogP contribution in [0.15, 0.2) is 83.8 Å². The van der Waals surface area contributed by atoms with Gasteiger partial charge in [-0.05, 0) is 65.2 Å². The second-order valence-electron chi connectivity index (χ2n) is 11.4. The van der Waals surface area contributed by atoms with Gasteiger partial charge in [-0.2, -0.15) is 0 Å². The number of piperazine rings is 1. The molecule has 0 saturated carbocycles. The molecule has 1 aliphatic rings. The van der Waals surface area contributed by atoms with Crippen molar-refractivity contribution in [3.63, 3.8) is 0 Å². The van der Waals surface area contributed by atoms with Crippen LogP contribution in [-0.2, 0) is 22.6 Å². The van der Waals surface area contributed by atoms with Gasteiger partial charge < -0.3 is 24.4 Å². The molecule has 5 rings (SSSR count). The minimum atomic E-state index is -1.40. The molecule has 1 amide bonds. The number of hydrogen-bond donors (Lipinski definition) is 1. The van der Waals surface area contributed by atoms with Crippen molar-refractivity contribution in [1.29, 1.82) is 0 Å². The number of carbonyl (C=O) groups is 2. The number of aliphatic hydroxyl groups excluding tert-OH is 1. The number of hydrogen-bond acceptors (Lipinski definition) is 6. The lowest BCUT2D eigenvalue weighted by Gasteiger charge is -2.35. The fourth-order valence-corrected chi connectivity index (χ4v) is 5.43. The monoisotopic (exact) mass is 648 g/mol. The van der Waals surface area contributed by atoms with Crippen molar-refractivity contribution in [2.45, 2.75) is 13.0 Å². The molecular weight excluding hydrogens is 616 g/mol. The second-order valence-corrected chi connectivity index (χ2v) is 11.4. The summed E-state index contributed by atoms with van der Waals surface area (Å²) < 4.78 is 57.2. The maximum Gasteiger partial charge on any atom is 0.294 e. The van der Waals surface area contributed by atoms with E-state index in [-0.39, 0.29) is 37.2 Å². The highest BCUT2D eigenvalue weighted by atomic mass is 19.2. The van der Waals surface area contributed by atoms with Gasteiger partial charge in [0, 0.05) is 76.4 Å². The number of aromatic nitrogens is 1. The van der Waals surface area contributed by atoms with Crippen molar-refractivity contribution < 1.29 is 32.3 Å². The van der Waals surface area contributed by atoms with Gasteiger partial charge in [-0.3, -0.25) is 14.4 Å². The summed E-state index contributed by atoms with van der Waals surface area (Å²) in [4.78, 5) is 44.8. The van der Waals surface area contributed by atoms with E-state index in [2.05, 4.69) is 4.90 Å². The van der Waals surface area contributed by atoms with Crippen LogP contribution in [0.1, 0.15) is 22.3 Å². The summed E-state index contributed by atoms with van der Waals surface area (Å²) in [5.74, 6) is -7.01. The number of benzene rings is 3. The van der Waals surface area contributed by atoms with Gasteiger partial charge in [0.2, 0.25) is 5.78 Å². The Labute approximate surface area is 268 Å². The van der Waals surface area contributed by atoms with Crippen LogP contribution in [0.3, 0.4) is 0 Å². The van der Waals surface area contributed by atoms with E-state index in [0.29, 0.717) is 30.8 Å². The molecule has 0 bridgehead atoms. The van der Waals surface area contributed by atoms with E-state index in [1.807, 2.05) is 43.3 Å². The summed E-state index contributed by atoms with van der Waals surface area (Å²) in [6.45, 7) is 1.26. The van der Waals surface area contributed by atoms with Gasteiger partial charge in [0.1, 0.15) is 17.4 Å². The predicted molar refractivity (Wildman–Crippen MR) is 171 cm³/mol. The third-order valence-corrected chi connectivity index (χ3v) is 7.90. The Morgan fingerprint density at radius 3 is 2.23 bits per heavy atom. The van der Waals surface area contributed by atoms with Crippen molar-refractivity contribution in [1.82, 2.24) is 9.47 Å². The number of amides is 1. The summed E-state index contributed by atoms with van der Waals surface area (Å²) >= 11 is 0. The highest BCUT2D eigenvalue weighted by molar-refractivity contribution is 6.41. The standard InChI is InChI=1S/C35H32F4N4O4/c1-40(2)27-6-8-28(9-7-27)41-10-12-42(13-11-41)35(47)32(45)19-31(44)29-16-23(14-24-17-26(37)18-30(38)33(24)39)21-43(34(29)46)20-22-4-3-5-25(36)15-22/h3-9,15-19,21,44H,10-14,20H2,1-2H3. The molecule has 1 aromatic heterocycles. The van der Waals surface area contributed by atoms with Gasteiger partial charge in [-0.1, -0.05) is 12.1 Å². The zero-order valence-corrected chi connectivity index (χ0v) is 25.7. The Morgan fingerprint density at radius 1 is 0.872 bits per heavy atom. The van der Waals surface area contributed by atoms with E-state index in [9.17, 15) is 37.1 Å². The summed E-state index contributed by atoms with van der Waals surface area (Å²) in [7, 11) is 3.89. The first kappa shape index (κ1) is 33.0. The molecule has 2 heterocycles. The van der Waals surface area contributed by atoms with Crippen molar-refractivity contribution in [3.05, 3.63) is 135 Å². The number of aliphatic hydroxyl groups is 1. The molecule has 0 atom stereocenters. The van der Waals surface area contributed by atoms with Crippen molar-refractivity contribution in [3.8, 4) is 0 Å². The quantitative estimate of drug-likeness (QED) is 0.0912. The molecule has 0 radical (unpaired) electrons. The van der Waals surface area contributed by atoms with Gasteiger partial charge in [-0.25, -0.2) is 17.6 Å². The Hall–Kier alpha value is -5.39. The average Bonchev–Trinajstić information content (AvgIpc) is 3.04. The molecule has 244 valence electrons. The largest absolute Gasteiger partial charge is 0.507 e. The molecule has 1 aliphatic heterocycles. The Bertz CT molecular complexity index is 1900. The number of rotatable bonds is 9. The first-order valence-corrected chi connectivity index (χ1v) is 14.8. The molecular formula is C35H32F4N4O4. The van der Waals surface area contributed by atoms with E-state index in [4.69, 9.17) is 0 Å². The Morgan fingerprint density at radius 2 is 1.57 bits per heavy atom. The Kier molecular flexibility index (Phi) is 9.78. The van der Waals surface area contributed by atoms with Crippen LogP contribution in [0.2, 0.25) is 0 Å². The fourth-order valence-electron chi connectivity index (χ4n) is 5.43. The average molecular weight is 649 g/mol. The van der Waals surface area contributed by atoms with Crippen LogP contribution in [0.4, 0.5) is 28.9 Å². The lowest BCUT2D eigenvalue weighted by atomic mass is 10.0. The molecule has 1 saturated heterocycles. The number of halogens is 4. The summed E-state index contributed by atoms with van der Waals surface area (Å²) in [5, 5.41) is 10.9. The molecule has 47 heavy (non-hydrogen) atoms. The zero-order chi connectivity index (χ0) is 33.8. The number of carbonyl (C=O) groups excluding carboxylic acids is 2. The molecule has 1 fully saturated rings. The molecule has 0 spiro atoms. The maximum atomic E-state index is 14.5. The lowest BCUT2D eigenvalue weighted by molar-refractivity contribution is -0.142. The smallest absolute Gasteiger partial charge is 0.294 e. The number of ketones is 1. The molecule has 3 aromatic carbocycles. The SMILES string of the molecule is CN(C)c1ccc(N2CCN(C(=O)C(=O)C=C(O)c3cc(Cc4cc(F)cc(F)c4F)cn(Cc4cccc(F)c4)c3=O)CC2)cc1. The lowest BCUT2D eigenvalue weighted by Crippen LogP contribution is -2.50. The van der Waals surface area contributed by atoms with Gasteiger partial charge >= 0.3 is 0 Å². The topological polar surface area (TPSA) is 86.1 Å². The first-order valence-electron chi connectivity index (χ1n) is 14.8. The molecule has 0 aliphatic carbocycles. The molecule has 0 unspecified atom stereocenters. The number of nitrogens with zero attached hydrogens (tertiary/aromatic N) is 4. The van der Waals surface area contributed by atoms with Crippen molar-refractivity contribution in [2.75, 3.05) is 50.1 Å². The van der Waals surface area contributed by atoms with Crippen LogP contribution in [0, 0.1) is 23.3 Å². The van der Waals surface area contributed by atoms with Gasteiger partial charge in [0.15, 0.2) is 11.6 Å². The molecule has 12 heteroatoms. The normalized spacial score (nSPS) is 13.5. The van der Waals surface area contributed by atoms with Crippen LogP contribution in [0.25, 0.3) is 5.76 Å². The van der Waals surface area contributed by atoms with E-state index in [1.165, 1.54) is 29.3 Å². The first-order chi connectivity index (χ1) is 22.4. The van der Waals surface area contributed by atoms with E-state index in [0.717, 1.165) is 28.1 Å². The van der Waals surface area contributed by atoms with E-state index in [1.54, 1.807) is 6.07 Å². The highest BCUT2D eigenvalue weighted by Gasteiger charge is 2.26. The van der Waals surface area contributed by atoms with Crippen molar-refractivity contribution >= 4 is 28.8 Å². The fraction of sp³-hybridized carbons (Fsp3) is 0.229. The maximum absolute atomic E-state index is 14.5. The van der Waals surface area contributed by atoms with Crippen LogP contribution >= 0.6 is 0 Å². The third-order valence-electron chi connectivity index (χ3n) is 7.90. The minimum absolute atomic E-state index is 0.147. The van der Waals surface area contributed by atoms with Gasteiger partial charge in [0.05, 0.1) is 12.1 Å². The predicted octanol–water partition coefficient (Wildman–Crippen LogP) is 4.93. The molecule has 4 aromatic rings. The number of pyridine rings is 1. The summed E-state index contributed by atoms with van der Waals surface area (Å²) in [6, 6.07) is 15.7. The van der Waals surface area contributed by atoms with E-state index < -0.39 is 51.8 Å². The number of anilines is 2.